The van der Waals surface area contributed by atoms with Gasteiger partial charge in [-0.25, -0.2) is 0 Å². The molecule has 4 N–H and O–H groups in total. The number of anilines is 1. The molecule has 1 unspecified atom stereocenters. The van der Waals surface area contributed by atoms with Gasteiger partial charge in [-0.2, -0.15) is 0 Å². The molecule has 0 aliphatic carbocycles. The van der Waals surface area contributed by atoms with Crippen molar-refractivity contribution in [2.75, 3.05) is 5.32 Å². The molecule has 21 heavy (non-hydrogen) atoms. The number of rotatable bonds is 3. The number of carbonyl (C=O) groups is 1. The highest BCUT2D eigenvalue weighted by Gasteiger charge is 2.17. The molecule has 0 aliphatic heterocycles. The third-order valence-electron chi connectivity index (χ3n) is 3.42. The fraction of sp³-hybridized carbons (Fsp3) is 0.235. The van der Waals surface area contributed by atoms with Crippen LogP contribution in [0.2, 0.25) is 0 Å². The van der Waals surface area contributed by atoms with E-state index >= 15 is 0 Å². The van der Waals surface area contributed by atoms with E-state index in [0.29, 0.717) is 11.3 Å². The van der Waals surface area contributed by atoms with Gasteiger partial charge in [-0.1, -0.05) is 35.9 Å². The monoisotopic (exact) mass is 284 g/mol. The van der Waals surface area contributed by atoms with Gasteiger partial charge in [0.25, 0.3) is 0 Å². The summed E-state index contributed by atoms with van der Waals surface area (Å²) in [6.45, 7) is 5.67. The molecule has 2 aromatic rings. The molecule has 0 saturated carbocycles. The lowest BCUT2D eigenvalue weighted by molar-refractivity contribution is -0.117. The maximum absolute atomic E-state index is 12.2. The summed E-state index contributed by atoms with van der Waals surface area (Å²) in [5.74, 6) is -0.274. The van der Waals surface area contributed by atoms with Crippen molar-refractivity contribution in [1.29, 1.82) is 0 Å². The molecule has 0 aromatic heterocycles. The fourth-order valence-electron chi connectivity index (χ4n) is 2.19. The van der Waals surface area contributed by atoms with Crippen LogP contribution in [0.25, 0.3) is 0 Å². The van der Waals surface area contributed by atoms with Crippen LogP contribution in [0.1, 0.15) is 28.3 Å². The van der Waals surface area contributed by atoms with Gasteiger partial charge in [-0.05, 0) is 43.5 Å². The van der Waals surface area contributed by atoms with E-state index in [1.165, 1.54) is 0 Å². The molecular weight excluding hydrogens is 264 g/mol. The van der Waals surface area contributed by atoms with Crippen molar-refractivity contribution in [2.45, 2.75) is 26.8 Å². The number of aryl methyl sites for hydroxylation is 3. The van der Waals surface area contributed by atoms with Gasteiger partial charge in [0.05, 0.1) is 5.69 Å². The van der Waals surface area contributed by atoms with Gasteiger partial charge < -0.3 is 16.2 Å². The highest BCUT2D eigenvalue weighted by molar-refractivity contribution is 5.96. The zero-order valence-electron chi connectivity index (χ0n) is 12.5. The molecule has 4 heteroatoms. The highest BCUT2D eigenvalue weighted by atomic mass is 16.3. The first-order chi connectivity index (χ1) is 9.88. The number of nitrogens with two attached hydrogens (primary N) is 1. The Morgan fingerprint density at radius 3 is 2.33 bits per heavy atom. The lowest BCUT2D eigenvalue weighted by Crippen LogP contribution is -2.27. The largest absolute Gasteiger partial charge is 0.505 e. The van der Waals surface area contributed by atoms with Gasteiger partial charge in [0.1, 0.15) is 11.8 Å². The minimum atomic E-state index is -0.772. The Balaban J connectivity index is 2.20. The summed E-state index contributed by atoms with van der Waals surface area (Å²) in [4.78, 5) is 12.2. The fourth-order valence-corrected chi connectivity index (χ4v) is 2.19. The molecule has 0 aliphatic rings. The van der Waals surface area contributed by atoms with E-state index in [4.69, 9.17) is 5.73 Å². The summed E-state index contributed by atoms with van der Waals surface area (Å²) < 4.78 is 0. The summed E-state index contributed by atoms with van der Waals surface area (Å²) in [5, 5.41) is 12.7. The molecule has 0 radical (unpaired) electrons. The van der Waals surface area contributed by atoms with E-state index in [-0.39, 0.29) is 11.7 Å². The van der Waals surface area contributed by atoms with Gasteiger partial charge in [-0.3, -0.25) is 4.79 Å². The van der Waals surface area contributed by atoms with Gasteiger partial charge in [0.2, 0.25) is 5.91 Å². The summed E-state index contributed by atoms with van der Waals surface area (Å²) in [7, 11) is 0. The van der Waals surface area contributed by atoms with Gasteiger partial charge in [-0.15, -0.1) is 0 Å². The van der Waals surface area contributed by atoms with E-state index in [1.807, 2.05) is 44.2 Å². The molecule has 2 rings (SSSR count). The summed E-state index contributed by atoms with van der Waals surface area (Å²) in [5.41, 5.74) is 9.88. The van der Waals surface area contributed by atoms with E-state index in [2.05, 4.69) is 5.32 Å². The maximum atomic E-state index is 12.2. The Morgan fingerprint density at radius 1 is 1.10 bits per heavy atom. The molecule has 0 spiro atoms. The highest BCUT2D eigenvalue weighted by Crippen LogP contribution is 2.29. The SMILES string of the molecule is Cc1ccc(C(N)C(=O)Nc2cc(C)cc(C)c2O)cc1. The number of benzene rings is 2. The zero-order chi connectivity index (χ0) is 15.6. The van der Waals surface area contributed by atoms with Crippen LogP contribution in [0.5, 0.6) is 5.75 Å². The third kappa shape index (κ3) is 3.41. The van der Waals surface area contributed by atoms with Crippen LogP contribution in [0.15, 0.2) is 36.4 Å². The summed E-state index contributed by atoms with van der Waals surface area (Å²) in [6, 6.07) is 10.3. The summed E-state index contributed by atoms with van der Waals surface area (Å²) in [6.07, 6.45) is 0. The maximum Gasteiger partial charge on any atom is 0.245 e. The molecule has 1 atom stereocenters. The van der Waals surface area contributed by atoms with E-state index in [9.17, 15) is 9.90 Å². The Hall–Kier alpha value is -2.33. The average molecular weight is 284 g/mol. The molecule has 110 valence electrons. The van der Waals surface area contributed by atoms with Crippen molar-refractivity contribution in [3.05, 3.63) is 58.7 Å². The van der Waals surface area contributed by atoms with Crippen LogP contribution in [0.4, 0.5) is 5.69 Å². The normalized spacial score (nSPS) is 12.0. The van der Waals surface area contributed by atoms with Crippen LogP contribution in [-0.4, -0.2) is 11.0 Å². The first-order valence-electron chi connectivity index (χ1n) is 6.81. The summed E-state index contributed by atoms with van der Waals surface area (Å²) >= 11 is 0. The third-order valence-corrected chi connectivity index (χ3v) is 3.42. The lowest BCUT2D eigenvalue weighted by atomic mass is 10.0. The average Bonchev–Trinajstić information content (AvgIpc) is 2.44. The molecule has 0 bridgehead atoms. The van der Waals surface area contributed by atoms with Crippen molar-refractivity contribution < 1.29 is 9.90 Å². The van der Waals surface area contributed by atoms with E-state index in [0.717, 1.165) is 16.7 Å². The molecular formula is C17H20N2O2. The quantitative estimate of drug-likeness (QED) is 0.758. The van der Waals surface area contributed by atoms with Crippen molar-refractivity contribution in [1.82, 2.24) is 0 Å². The lowest BCUT2D eigenvalue weighted by Gasteiger charge is -2.15. The predicted octanol–water partition coefficient (Wildman–Crippen LogP) is 2.96. The second-order valence-electron chi connectivity index (χ2n) is 5.36. The number of hydrogen-bond acceptors (Lipinski definition) is 3. The standard InChI is InChI=1S/C17H20N2O2/c1-10-4-6-13(7-5-10)15(18)17(21)19-14-9-11(2)8-12(3)16(14)20/h4-9,15,20H,18H2,1-3H3,(H,19,21). The molecule has 1 amide bonds. The second-order valence-corrected chi connectivity index (χ2v) is 5.36. The molecule has 2 aromatic carbocycles. The number of phenols is 1. The zero-order valence-corrected chi connectivity index (χ0v) is 12.5. The first kappa shape index (κ1) is 15.1. The number of hydrogen-bond donors (Lipinski definition) is 3. The number of carbonyl (C=O) groups excluding carboxylic acids is 1. The van der Waals surface area contributed by atoms with Crippen LogP contribution in [0, 0.1) is 20.8 Å². The second kappa shape index (κ2) is 5.97. The number of nitrogens with one attached hydrogen (secondary N) is 1. The van der Waals surface area contributed by atoms with Crippen molar-refractivity contribution in [3.63, 3.8) is 0 Å². The molecule has 0 saturated heterocycles. The van der Waals surface area contributed by atoms with Crippen molar-refractivity contribution in [2.24, 2.45) is 5.73 Å². The van der Waals surface area contributed by atoms with E-state index in [1.54, 1.807) is 13.0 Å². The van der Waals surface area contributed by atoms with Crippen LogP contribution >= 0.6 is 0 Å². The minimum absolute atomic E-state index is 0.0741. The smallest absolute Gasteiger partial charge is 0.245 e. The van der Waals surface area contributed by atoms with Crippen LogP contribution < -0.4 is 11.1 Å². The topological polar surface area (TPSA) is 75.4 Å². The van der Waals surface area contributed by atoms with Gasteiger partial charge in [0, 0.05) is 0 Å². The molecule has 0 heterocycles. The van der Waals surface area contributed by atoms with Gasteiger partial charge in [0.15, 0.2) is 0 Å². The number of amides is 1. The number of aromatic hydroxyl groups is 1. The Labute approximate surface area is 124 Å². The Bertz CT molecular complexity index is 663. The Kier molecular flexibility index (Phi) is 4.29. The molecule has 4 nitrogen and oxygen atoms in total. The Morgan fingerprint density at radius 2 is 1.71 bits per heavy atom. The van der Waals surface area contributed by atoms with Crippen molar-refractivity contribution in [3.8, 4) is 5.75 Å². The predicted molar refractivity (Wildman–Crippen MR) is 84.3 cm³/mol. The van der Waals surface area contributed by atoms with Crippen LogP contribution in [-0.2, 0) is 4.79 Å². The number of phenolic OH excluding ortho intramolecular Hbond substituents is 1. The van der Waals surface area contributed by atoms with Crippen molar-refractivity contribution >= 4 is 11.6 Å². The first-order valence-corrected chi connectivity index (χ1v) is 6.81. The van der Waals surface area contributed by atoms with Crippen LogP contribution in [0.3, 0.4) is 0 Å². The minimum Gasteiger partial charge on any atom is -0.505 e. The molecule has 0 fully saturated rings. The van der Waals surface area contributed by atoms with Gasteiger partial charge >= 0.3 is 0 Å². The van der Waals surface area contributed by atoms with E-state index < -0.39 is 6.04 Å².